The number of hydrogen-bond donors (Lipinski definition) is 3. The fourth-order valence-corrected chi connectivity index (χ4v) is 1.76. The number of anilines is 1. The number of benzene rings is 1. The fraction of sp³-hybridized carbons (Fsp3) is 0.167. The third-order valence-electron chi connectivity index (χ3n) is 2.53. The third-order valence-corrected chi connectivity index (χ3v) is 2.76. The van der Waals surface area contributed by atoms with Crippen LogP contribution in [0.15, 0.2) is 30.9 Å². The molecule has 0 unspecified atom stereocenters. The van der Waals surface area contributed by atoms with Crippen LogP contribution in [0, 0.1) is 0 Å². The Kier molecular flexibility index (Phi) is 4.85. The average molecular weight is 309 g/mol. The van der Waals surface area contributed by atoms with Crippen LogP contribution in [0.1, 0.15) is 0 Å². The van der Waals surface area contributed by atoms with Crippen LogP contribution in [0.3, 0.4) is 0 Å². The maximum Gasteiger partial charge on any atom is 0.243 e. The molecule has 21 heavy (non-hydrogen) atoms. The van der Waals surface area contributed by atoms with Gasteiger partial charge in [-0.05, 0) is 18.2 Å². The molecule has 0 fully saturated rings. The summed E-state index contributed by atoms with van der Waals surface area (Å²) >= 11 is 5.93. The van der Waals surface area contributed by atoms with E-state index in [9.17, 15) is 9.59 Å². The zero-order valence-electron chi connectivity index (χ0n) is 10.9. The van der Waals surface area contributed by atoms with Crippen LogP contribution in [0.4, 0.5) is 5.69 Å². The molecule has 0 saturated heterocycles. The van der Waals surface area contributed by atoms with Crippen LogP contribution < -0.4 is 16.4 Å². The van der Waals surface area contributed by atoms with E-state index < -0.39 is 11.8 Å². The maximum absolute atomic E-state index is 11.8. The van der Waals surface area contributed by atoms with Gasteiger partial charge in [0.2, 0.25) is 11.8 Å². The van der Waals surface area contributed by atoms with Crippen molar-refractivity contribution in [3.05, 3.63) is 35.9 Å². The summed E-state index contributed by atoms with van der Waals surface area (Å²) in [6.07, 6.45) is 2.87. The number of aromatic nitrogens is 3. The smallest absolute Gasteiger partial charge is 0.243 e. The van der Waals surface area contributed by atoms with E-state index in [1.165, 1.54) is 17.3 Å². The summed E-state index contributed by atoms with van der Waals surface area (Å²) < 4.78 is 1.49. The fourth-order valence-electron chi connectivity index (χ4n) is 1.59. The predicted molar refractivity (Wildman–Crippen MR) is 77.1 cm³/mol. The molecule has 110 valence electrons. The van der Waals surface area contributed by atoms with Gasteiger partial charge in [0.25, 0.3) is 0 Å². The first-order valence-corrected chi connectivity index (χ1v) is 6.39. The quantitative estimate of drug-likeness (QED) is 0.715. The molecule has 0 aliphatic rings. The van der Waals surface area contributed by atoms with Crippen LogP contribution in [0.25, 0.3) is 5.69 Å². The number of rotatable bonds is 5. The summed E-state index contributed by atoms with van der Waals surface area (Å²) in [5, 5.41) is 9.48. The number of nitrogens with zero attached hydrogens (tertiary/aromatic N) is 3. The van der Waals surface area contributed by atoms with Crippen LogP contribution in [-0.2, 0) is 9.59 Å². The lowest BCUT2D eigenvalue weighted by molar-refractivity contribution is -0.123. The minimum absolute atomic E-state index is 0.172. The number of nitrogens with one attached hydrogen (secondary N) is 2. The zero-order chi connectivity index (χ0) is 15.2. The molecule has 0 saturated carbocycles. The van der Waals surface area contributed by atoms with Crippen LogP contribution >= 0.6 is 11.6 Å². The highest BCUT2D eigenvalue weighted by molar-refractivity contribution is 6.31. The van der Waals surface area contributed by atoms with Gasteiger partial charge >= 0.3 is 0 Å². The van der Waals surface area contributed by atoms with E-state index in [4.69, 9.17) is 17.3 Å². The largest absolute Gasteiger partial charge is 0.346 e. The van der Waals surface area contributed by atoms with Gasteiger partial charge < -0.3 is 16.4 Å². The molecule has 2 rings (SSSR count). The Morgan fingerprint density at radius 2 is 2.14 bits per heavy atom. The van der Waals surface area contributed by atoms with E-state index in [1.54, 1.807) is 18.2 Å². The van der Waals surface area contributed by atoms with Crippen molar-refractivity contribution < 1.29 is 9.59 Å². The Balaban J connectivity index is 2.14. The number of hydrogen-bond acceptors (Lipinski definition) is 5. The Bertz CT molecular complexity index is 643. The summed E-state index contributed by atoms with van der Waals surface area (Å²) in [6.45, 7) is -0.353. The summed E-state index contributed by atoms with van der Waals surface area (Å²) in [6, 6.07) is 4.96. The van der Waals surface area contributed by atoms with Crippen molar-refractivity contribution in [1.82, 2.24) is 20.1 Å². The summed E-state index contributed by atoms with van der Waals surface area (Å²) in [5.41, 5.74) is 6.20. The number of amides is 2. The monoisotopic (exact) mass is 308 g/mol. The molecule has 0 atom stereocenters. The minimum Gasteiger partial charge on any atom is -0.346 e. The Morgan fingerprint density at radius 3 is 2.81 bits per heavy atom. The van der Waals surface area contributed by atoms with Crippen LogP contribution in [-0.4, -0.2) is 39.7 Å². The van der Waals surface area contributed by atoms with E-state index in [2.05, 4.69) is 20.7 Å². The topological polar surface area (TPSA) is 115 Å². The first-order valence-electron chi connectivity index (χ1n) is 6.01. The maximum atomic E-state index is 11.8. The van der Waals surface area contributed by atoms with Crippen molar-refractivity contribution in [2.75, 3.05) is 18.4 Å². The molecular weight excluding hydrogens is 296 g/mol. The first kappa shape index (κ1) is 14.9. The molecule has 9 heteroatoms. The molecule has 4 N–H and O–H groups in total. The van der Waals surface area contributed by atoms with Gasteiger partial charge in [0.1, 0.15) is 12.7 Å². The number of nitrogens with two attached hydrogens (primary N) is 1. The first-order chi connectivity index (χ1) is 10.1. The van der Waals surface area contributed by atoms with Crippen molar-refractivity contribution >= 4 is 29.1 Å². The van der Waals surface area contributed by atoms with Crippen molar-refractivity contribution in [1.29, 1.82) is 0 Å². The second-order valence-corrected chi connectivity index (χ2v) is 4.47. The highest BCUT2D eigenvalue weighted by Crippen LogP contribution is 2.23. The molecule has 0 radical (unpaired) electrons. The highest BCUT2D eigenvalue weighted by Gasteiger charge is 2.10. The van der Waals surface area contributed by atoms with Crippen molar-refractivity contribution in [3.63, 3.8) is 0 Å². The van der Waals surface area contributed by atoms with Gasteiger partial charge in [0.15, 0.2) is 0 Å². The Morgan fingerprint density at radius 1 is 1.33 bits per heavy atom. The minimum atomic E-state index is -0.409. The van der Waals surface area contributed by atoms with Gasteiger partial charge in [-0.2, -0.15) is 5.10 Å². The summed E-state index contributed by atoms with van der Waals surface area (Å²) in [7, 11) is 0. The molecule has 0 bridgehead atoms. The van der Waals surface area contributed by atoms with Crippen molar-refractivity contribution in [2.24, 2.45) is 5.73 Å². The van der Waals surface area contributed by atoms with E-state index in [1.807, 2.05) is 0 Å². The van der Waals surface area contributed by atoms with Gasteiger partial charge in [-0.3, -0.25) is 9.59 Å². The molecular formula is C12H13ClN6O2. The second-order valence-electron chi connectivity index (χ2n) is 4.03. The molecule has 2 aromatic rings. The summed E-state index contributed by atoms with van der Waals surface area (Å²) in [5.74, 6) is -0.812. The molecule has 1 heterocycles. The molecule has 8 nitrogen and oxygen atoms in total. The predicted octanol–water partition coefficient (Wildman–Crippen LogP) is -0.0659. The lowest BCUT2D eigenvalue weighted by Gasteiger charge is -2.11. The second kappa shape index (κ2) is 6.82. The number of carbonyl (C=O) groups excluding carboxylic acids is 2. The van der Waals surface area contributed by atoms with Gasteiger partial charge in [0, 0.05) is 5.02 Å². The Hall–Kier alpha value is -2.45. The normalized spacial score (nSPS) is 10.2. The SMILES string of the molecule is NCC(=O)NCC(=O)Nc1cc(Cl)ccc1-n1cncn1. The van der Waals surface area contributed by atoms with Crippen molar-refractivity contribution in [3.8, 4) is 5.69 Å². The highest BCUT2D eigenvalue weighted by atomic mass is 35.5. The molecule has 2 amide bonds. The molecule has 0 spiro atoms. The standard InChI is InChI=1S/C12H13ClN6O2/c13-8-1-2-10(19-7-15-6-17-19)9(3-8)18-12(21)5-16-11(20)4-14/h1-3,6-7H,4-5,14H2,(H,16,20)(H,18,21). The molecule has 1 aromatic heterocycles. The van der Waals surface area contributed by atoms with Gasteiger partial charge in [-0.1, -0.05) is 11.6 Å². The van der Waals surface area contributed by atoms with E-state index >= 15 is 0 Å². The molecule has 1 aromatic carbocycles. The van der Waals surface area contributed by atoms with E-state index in [0.717, 1.165) is 0 Å². The van der Waals surface area contributed by atoms with Crippen LogP contribution in [0.5, 0.6) is 0 Å². The average Bonchev–Trinajstić information content (AvgIpc) is 2.99. The molecule has 0 aliphatic carbocycles. The van der Waals surface area contributed by atoms with Crippen molar-refractivity contribution in [2.45, 2.75) is 0 Å². The lowest BCUT2D eigenvalue weighted by Crippen LogP contribution is -2.36. The third kappa shape index (κ3) is 4.01. The van der Waals surface area contributed by atoms with Gasteiger partial charge in [-0.15, -0.1) is 0 Å². The zero-order valence-corrected chi connectivity index (χ0v) is 11.7. The van der Waals surface area contributed by atoms with E-state index in [0.29, 0.717) is 16.4 Å². The number of carbonyl (C=O) groups is 2. The molecule has 0 aliphatic heterocycles. The van der Waals surface area contributed by atoms with E-state index in [-0.39, 0.29) is 13.1 Å². The lowest BCUT2D eigenvalue weighted by atomic mass is 10.2. The number of halogens is 1. The van der Waals surface area contributed by atoms with Gasteiger partial charge in [-0.25, -0.2) is 9.67 Å². The summed E-state index contributed by atoms with van der Waals surface area (Å²) in [4.78, 5) is 26.7. The Labute approximate surface area is 125 Å². The van der Waals surface area contributed by atoms with Gasteiger partial charge in [0.05, 0.1) is 24.5 Å². The van der Waals surface area contributed by atoms with Crippen LogP contribution in [0.2, 0.25) is 5.02 Å².